The second-order valence-electron chi connectivity index (χ2n) is 5.50. The number of carbonyl (C=O) groups is 1. The van der Waals surface area contributed by atoms with Gasteiger partial charge in [-0.3, -0.25) is 10.1 Å². The molecule has 2 rings (SSSR count). The molecule has 21 heavy (non-hydrogen) atoms. The second kappa shape index (κ2) is 7.41. The molecule has 0 saturated carbocycles. The average molecular weight is 306 g/mol. The van der Waals surface area contributed by atoms with Crippen LogP contribution in [0.2, 0.25) is 0 Å². The fraction of sp³-hybridized carbons (Fsp3) is 0.500. The predicted octanol–water partition coefficient (Wildman–Crippen LogP) is 2.97. The molecular formula is C16H22N2O2S. The van der Waals surface area contributed by atoms with E-state index in [9.17, 15) is 4.79 Å². The molecule has 0 unspecified atom stereocenters. The Bertz CT molecular complexity index is 494. The third kappa shape index (κ3) is 4.70. The number of nitrogens with one attached hydrogen (secondary N) is 1. The van der Waals surface area contributed by atoms with Gasteiger partial charge in [0, 0.05) is 18.7 Å². The van der Waals surface area contributed by atoms with Gasteiger partial charge in [-0.05, 0) is 69.6 Å². The van der Waals surface area contributed by atoms with Crippen molar-refractivity contribution in [1.82, 2.24) is 10.2 Å². The number of carbonyl (C=O) groups excluding carboxylic acids is 1. The van der Waals surface area contributed by atoms with Crippen LogP contribution in [0.25, 0.3) is 0 Å². The molecular weight excluding hydrogens is 284 g/mol. The lowest BCUT2D eigenvalue weighted by Gasteiger charge is -2.28. The number of rotatable bonds is 3. The van der Waals surface area contributed by atoms with Gasteiger partial charge in [0.2, 0.25) is 0 Å². The van der Waals surface area contributed by atoms with E-state index in [1.807, 2.05) is 13.8 Å². The molecule has 1 heterocycles. The molecule has 1 saturated heterocycles. The van der Waals surface area contributed by atoms with E-state index in [0.29, 0.717) is 10.7 Å². The van der Waals surface area contributed by atoms with Crippen LogP contribution in [0.4, 0.5) is 0 Å². The van der Waals surface area contributed by atoms with Gasteiger partial charge in [0.1, 0.15) is 5.75 Å². The number of ether oxygens (including phenoxy) is 1. The van der Waals surface area contributed by atoms with Gasteiger partial charge in [-0.2, -0.15) is 0 Å². The zero-order chi connectivity index (χ0) is 15.2. The number of benzene rings is 1. The molecule has 1 aliphatic rings. The molecule has 1 aromatic carbocycles. The van der Waals surface area contributed by atoms with Gasteiger partial charge in [0.15, 0.2) is 5.11 Å². The number of nitrogens with zero attached hydrogens (tertiary/aromatic N) is 1. The Labute approximate surface area is 131 Å². The first kappa shape index (κ1) is 15.8. The fourth-order valence-corrected chi connectivity index (χ4v) is 2.58. The van der Waals surface area contributed by atoms with Gasteiger partial charge in [-0.15, -0.1) is 0 Å². The molecule has 0 bridgehead atoms. The zero-order valence-electron chi connectivity index (χ0n) is 12.6. The Morgan fingerprint density at radius 2 is 1.81 bits per heavy atom. The quantitative estimate of drug-likeness (QED) is 0.872. The Hall–Kier alpha value is -1.62. The summed E-state index contributed by atoms with van der Waals surface area (Å²) < 4.78 is 5.56. The van der Waals surface area contributed by atoms with Gasteiger partial charge in [0.05, 0.1) is 6.10 Å². The van der Waals surface area contributed by atoms with E-state index in [0.717, 1.165) is 31.7 Å². The minimum absolute atomic E-state index is 0.122. The third-order valence-corrected chi connectivity index (χ3v) is 3.71. The first-order valence-electron chi connectivity index (χ1n) is 7.43. The van der Waals surface area contributed by atoms with Crippen LogP contribution in [-0.2, 0) is 0 Å². The Balaban J connectivity index is 1.91. The lowest BCUT2D eigenvalue weighted by Crippen LogP contribution is -2.44. The Morgan fingerprint density at radius 3 is 2.38 bits per heavy atom. The van der Waals surface area contributed by atoms with Crippen molar-refractivity contribution in [3.8, 4) is 5.75 Å². The lowest BCUT2D eigenvalue weighted by atomic mass is 10.1. The molecule has 0 radical (unpaired) electrons. The predicted molar refractivity (Wildman–Crippen MR) is 87.7 cm³/mol. The van der Waals surface area contributed by atoms with Crippen molar-refractivity contribution in [2.75, 3.05) is 13.1 Å². The van der Waals surface area contributed by atoms with Gasteiger partial charge < -0.3 is 9.64 Å². The topological polar surface area (TPSA) is 41.6 Å². The largest absolute Gasteiger partial charge is 0.491 e. The fourth-order valence-electron chi connectivity index (χ4n) is 2.30. The molecule has 1 N–H and O–H groups in total. The summed E-state index contributed by atoms with van der Waals surface area (Å²) in [6.07, 6.45) is 3.63. The summed E-state index contributed by atoms with van der Waals surface area (Å²) in [7, 11) is 0. The monoisotopic (exact) mass is 306 g/mol. The third-order valence-electron chi connectivity index (χ3n) is 3.35. The maximum absolute atomic E-state index is 12.2. The molecule has 1 aliphatic heterocycles. The minimum Gasteiger partial charge on any atom is -0.491 e. The van der Waals surface area contributed by atoms with E-state index in [1.165, 1.54) is 6.42 Å². The molecule has 114 valence electrons. The maximum Gasteiger partial charge on any atom is 0.257 e. The highest BCUT2D eigenvalue weighted by molar-refractivity contribution is 7.80. The van der Waals surface area contributed by atoms with Crippen molar-refractivity contribution in [1.29, 1.82) is 0 Å². The average Bonchev–Trinajstić information content (AvgIpc) is 2.48. The molecule has 0 atom stereocenters. The van der Waals surface area contributed by atoms with Crippen molar-refractivity contribution < 1.29 is 9.53 Å². The van der Waals surface area contributed by atoms with Crippen LogP contribution in [0.3, 0.4) is 0 Å². The number of piperidine rings is 1. The molecule has 1 fully saturated rings. The summed E-state index contributed by atoms with van der Waals surface area (Å²) in [6.45, 7) is 5.80. The van der Waals surface area contributed by atoms with Gasteiger partial charge >= 0.3 is 0 Å². The van der Waals surface area contributed by atoms with E-state index < -0.39 is 0 Å². The number of hydrogen-bond acceptors (Lipinski definition) is 3. The number of hydrogen-bond donors (Lipinski definition) is 1. The summed E-state index contributed by atoms with van der Waals surface area (Å²) >= 11 is 5.30. The number of amides is 1. The second-order valence-corrected chi connectivity index (χ2v) is 5.88. The van der Waals surface area contributed by atoms with Crippen molar-refractivity contribution >= 4 is 23.2 Å². The number of likely N-dealkylation sites (tertiary alicyclic amines) is 1. The Kier molecular flexibility index (Phi) is 5.56. The van der Waals surface area contributed by atoms with Crippen molar-refractivity contribution in [2.24, 2.45) is 0 Å². The van der Waals surface area contributed by atoms with Crippen molar-refractivity contribution in [3.63, 3.8) is 0 Å². The molecule has 0 aliphatic carbocycles. The van der Waals surface area contributed by atoms with E-state index in [-0.39, 0.29) is 12.0 Å². The van der Waals surface area contributed by atoms with E-state index in [2.05, 4.69) is 10.2 Å². The lowest BCUT2D eigenvalue weighted by molar-refractivity contribution is 0.0972. The molecule has 0 spiro atoms. The molecule has 5 heteroatoms. The summed E-state index contributed by atoms with van der Waals surface area (Å²) in [5.74, 6) is 0.599. The van der Waals surface area contributed by atoms with Crippen LogP contribution in [0.1, 0.15) is 43.5 Å². The van der Waals surface area contributed by atoms with E-state index in [4.69, 9.17) is 17.0 Å². The van der Waals surface area contributed by atoms with E-state index in [1.54, 1.807) is 24.3 Å². The number of thiocarbonyl (C=S) groups is 1. The normalized spacial score (nSPS) is 14.9. The summed E-state index contributed by atoms with van der Waals surface area (Å²) in [5, 5.41) is 3.33. The molecule has 0 aromatic heterocycles. The summed E-state index contributed by atoms with van der Waals surface area (Å²) in [6, 6.07) is 7.12. The first-order valence-corrected chi connectivity index (χ1v) is 7.84. The van der Waals surface area contributed by atoms with Crippen LogP contribution in [0.5, 0.6) is 5.75 Å². The van der Waals surface area contributed by atoms with Crippen molar-refractivity contribution in [3.05, 3.63) is 29.8 Å². The zero-order valence-corrected chi connectivity index (χ0v) is 13.4. The van der Waals surface area contributed by atoms with E-state index >= 15 is 0 Å². The Morgan fingerprint density at radius 1 is 1.19 bits per heavy atom. The van der Waals surface area contributed by atoms with Crippen LogP contribution in [0.15, 0.2) is 24.3 Å². The van der Waals surface area contributed by atoms with Crippen LogP contribution < -0.4 is 10.1 Å². The van der Waals surface area contributed by atoms with Crippen LogP contribution in [-0.4, -0.2) is 35.1 Å². The highest BCUT2D eigenvalue weighted by Crippen LogP contribution is 2.14. The SMILES string of the molecule is CC(C)Oc1ccc(C(=O)NC(=S)N2CCCCC2)cc1. The van der Waals surface area contributed by atoms with Gasteiger partial charge in [0.25, 0.3) is 5.91 Å². The van der Waals surface area contributed by atoms with Gasteiger partial charge in [-0.25, -0.2) is 0 Å². The minimum atomic E-state index is -0.165. The summed E-state index contributed by atoms with van der Waals surface area (Å²) in [4.78, 5) is 14.2. The summed E-state index contributed by atoms with van der Waals surface area (Å²) in [5.41, 5.74) is 0.588. The highest BCUT2D eigenvalue weighted by atomic mass is 32.1. The molecule has 4 nitrogen and oxygen atoms in total. The van der Waals surface area contributed by atoms with Crippen molar-refractivity contribution in [2.45, 2.75) is 39.2 Å². The van der Waals surface area contributed by atoms with Crippen LogP contribution in [0, 0.1) is 0 Å². The molecule has 1 amide bonds. The van der Waals surface area contributed by atoms with Gasteiger partial charge in [-0.1, -0.05) is 0 Å². The highest BCUT2D eigenvalue weighted by Gasteiger charge is 2.16. The molecule has 1 aromatic rings. The van der Waals surface area contributed by atoms with Crippen LogP contribution >= 0.6 is 12.2 Å². The standard InChI is InChI=1S/C16H22N2O2S/c1-12(2)20-14-8-6-13(7-9-14)15(19)17-16(21)18-10-4-3-5-11-18/h6-9,12H,3-5,10-11H2,1-2H3,(H,17,19,21). The first-order chi connectivity index (χ1) is 10.1. The smallest absolute Gasteiger partial charge is 0.257 e. The maximum atomic E-state index is 12.2.